The Morgan fingerprint density at radius 3 is 2.75 bits per heavy atom. The van der Waals surface area contributed by atoms with Crippen LogP contribution in [-0.4, -0.2) is 13.1 Å². The smallest absolute Gasteiger partial charge is 0.0991 e. The van der Waals surface area contributed by atoms with Gasteiger partial charge >= 0.3 is 0 Å². The molecule has 1 heterocycles. The number of halogens is 1. The fourth-order valence-corrected chi connectivity index (χ4v) is 1.96. The van der Waals surface area contributed by atoms with Crippen LogP contribution in [0.15, 0.2) is 24.3 Å². The Labute approximate surface area is 102 Å². The zero-order valence-corrected chi connectivity index (χ0v) is 10.1. The van der Waals surface area contributed by atoms with E-state index in [1.54, 1.807) is 0 Å². The molecule has 84 valence electrons. The molecule has 0 bridgehead atoms. The maximum absolute atomic E-state index is 8.79. The van der Waals surface area contributed by atoms with Gasteiger partial charge in [-0.3, -0.25) is 0 Å². The Morgan fingerprint density at radius 1 is 1.38 bits per heavy atom. The van der Waals surface area contributed by atoms with Crippen LogP contribution in [0, 0.1) is 18.3 Å². The molecule has 3 heteroatoms. The molecule has 1 N–H and O–H groups in total. The van der Waals surface area contributed by atoms with Crippen molar-refractivity contribution in [1.29, 1.82) is 5.26 Å². The van der Waals surface area contributed by atoms with E-state index >= 15 is 0 Å². The standard InChI is InChI=1S/C13H14N2.ClH/c1-10-8-11(9-14)2-3-13(10)12-4-6-15-7-5-12;/h2-4,8,15H,5-7H2,1H3;1H. The van der Waals surface area contributed by atoms with Gasteiger partial charge in [-0.2, -0.15) is 5.26 Å². The van der Waals surface area contributed by atoms with Crippen molar-refractivity contribution in [1.82, 2.24) is 5.32 Å². The minimum absolute atomic E-state index is 0. The molecule has 16 heavy (non-hydrogen) atoms. The highest BCUT2D eigenvalue weighted by Gasteiger charge is 2.08. The van der Waals surface area contributed by atoms with E-state index in [0.29, 0.717) is 0 Å². The third-order valence-corrected chi connectivity index (χ3v) is 2.77. The zero-order chi connectivity index (χ0) is 10.7. The molecule has 2 rings (SSSR count). The summed E-state index contributed by atoms with van der Waals surface area (Å²) in [5.41, 5.74) is 4.62. The normalized spacial score (nSPS) is 14.6. The summed E-state index contributed by atoms with van der Waals surface area (Å²) < 4.78 is 0. The molecule has 0 aliphatic carbocycles. The highest BCUT2D eigenvalue weighted by atomic mass is 35.5. The van der Waals surface area contributed by atoms with E-state index in [1.165, 1.54) is 16.7 Å². The van der Waals surface area contributed by atoms with Crippen LogP contribution >= 0.6 is 12.4 Å². The first-order valence-electron chi connectivity index (χ1n) is 5.22. The van der Waals surface area contributed by atoms with Gasteiger partial charge in [-0.05, 0) is 48.7 Å². The molecule has 1 aromatic carbocycles. The van der Waals surface area contributed by atoms with Gasteiger partial charge in [-0.15, -0.1) is 12.4 Å². The Morgan fingerprint density at radius 2 is 2.19 bits per heavy atom. The van der Waals surface area contributed by atoms with Gasteiger partial charge in [0.2, 0.25) is 0 Å². The van der Waals surface area contributed by atoms with E-state index < -0.39 is 0 Å². The molecule has 0 atom stereocenters. The van der Waals surface area contributed by atoms with Crippen molar-refractivity contribution in [3.63, 3.8) is 0 Å². The van der Waals surface area contributed by atoms with Crippen LogP contribution in [0.2, 0.25) is 0 Å². The van der Waals surface area contributed by atoms with Gasteiger partial charge in [-0.25, -0.2) is 0 Å². The third kappa shape index (κ3) is 2.63. The number of hydrogen-bond acceptors (Lipinski definition) is 2. The van der Waals surface area contributed by atoms with E-state index in [4.69, 9.17) is 5.26 Å². The van der Waals surface area contributed by atoms with Gasteiger partial charge in [0, 0.05) is 6.54 Å². The lowest BCUT2D eigenvalue weighted by Gasteiger charge is -2.16. The van der Waals surface area contributed by atoms with Crippen LogP contribution < -0.4 is 5.32 Å². The number of nitrogens with one attached hydrogen (secondary N) is 1. The largest absolute Gasteiger partial charge is 0.313 e. The predicted octanol–water partition coefficient (Wildman–Crippen LogP) is 2.67. The number of nitriles is 1. The van der Waals surface area contributed by atoms with Gasteiger partial charge in [0.25, 0.3) is 0 Å². The predicted molar refractivity (Wildman–Crippen MR) is 68.6 cm³/mol. The summed E-state index contributed by atoms with van der Waals surface area (Å²) in [5.74, 6) is 0. The van der Waals surface area contributed by atoms with Crippen molar-refractivity contribution in [2.75, 3.05) is 13.1 Å². The summed E-state index contributed by atoms with van der Waals surface area (Å²) >= 11 is 0. The summed E-state index contributed by atoms with van der Waals surface area (Å²) in [5, 5.41) is 12.1. The molecule has 0 unspecified atom stereocenters. The molecule has 0 aromatic heterocycles. The van der Waals surface area contributed by atoms with E-state index in [9.17, 15) is 0 Å². The fourth-order valence-electron chi connectivity index (χ4n) is 1.96. The molecule has 1 aliphatic rings. The van der Waals surface area contributed by atoms with Crippen LogP contribution in [0.5, 0.6) is 0 Å². The second kappa shape index (κ2) is 5.69. The molecule has 0 saturated heterocycles. The Hall–Kier alpha value is -1.30. The Kier molecular flexibility index (Phi) is 4.54. The average molecular weight is 235 g/mol. The number of rotatable bonds is 1. The van der Waals surface area contributed by atoms with Crippen molar-refractivity contribution >= 4 is 18.0 Å². The summed E-state index contributed by atoms with van der Waals surface area (Å²) in [7, 11) is 0. The second-order valence-corrected chi connectivity index (χ2v) is 3.82. The Balaban J connectivity index is 0.00000128. The van der Waals surface area contributed by atoms with Gasteiger partial charge in [0.1, 0.15) is 0 Å². The van der Waals surface area contributed by atoms with Gasteiger partial charge in [0.15, 0.2) is 0 Å². The third-order valence-electron chi connectivity index (χ3n) is 2.77. The van der Waals surface area contributed by atoms with Crippen LogP contribution in [-0.2, 0) is 0 Å². The lowest BCUT2D eigenvalue weighted by atomic mass is 9.95. The van der Waals surface area contributed by atoms with Crippen molar-refractivity contribution < 1.29 is 0 Å². The van der Waals surface area contributed by atoms with Crippen LogP contribution in [0.1, 0.15) is 23.1 Å². The molecule has 1 aliphatic heterocycles. The highest BCUT2D eigenvalue weighted by molar-refractivity contribution is 5.85. The first kappa shape index (κ1) is 12.8. The Bertz CT molecular complexity index is 444. The number of nitrogens with zero attached hydrogens (tertiary/aromatic N) is 1. The second-order valence-electron chi connectivity index (χ2n) is 3.82. The van der Waals surface area contributed by atoms with Crippen LogP contribution in [0.25, 0.3) is 5.57 Å². The van der Waals surface area contributed by atoms with E-state index in [1.807, 2.05) is 12.1 Å². The van der Waals surface area contributed by atoms with Crippen LogP contribution in [0.3, 0.4) is 0 Å². The van der Waals surface area contributed by atoms with Gasteiger partial charge in [0.05, 0.1) is 11.6 Å². The lowest BCUT2D eigenvalue weighted by Crippen LogP contribution is -2.20. The number of hydrogen-bond donors (Lipinski definition) is 1. The molecular formula is C13H15ClN2. The van der Waals surface area contributed by atoms with Crippen molar-refractivity contribution in [2.24, 2.45) is 0 Å². The first-order valence-corrected chi connectivity index (χ1v) is 5.22. The monoisotopic (exact) mass is 234 g/mol. The molecule has 0 amide bonds. The maximum Gasteiger partial charge on any atom is 0.0991 e. The molecule has 0 spiro atoms. The molecule has 0 radical (unpaired) electrons. The molecule has 1 aromatic rings. The summed E-state index contributed by atoms with van der Waals surface area (Å²) in [6, 6.07) is 8.08. The maximum atomic E-state index is 8.79. The van der Waals surface area contributed by atoms with Gasteiger partial charge < -0.3 is 5.32 Å². The topological polar surface area (TPSA) is 35.8 Å². The van der Waals surface area contributed by atoms with Crippen molar-refractivity contribution in [2.45, 2.75) is 13.3 Å². The number of aryl methyl sites for hydroxylation is 1. The molecular weight excluding hydrogens is 220 g/mol. The van der Waals surface area contributed by atoms with E-state index in [0.717, 1.165) is 25.1 Å². The quantitative estimate of drug-likeness (QED) is 0.811. The SMILES string of the molecule is Cc1cc(C#N)ccc1C1=CCNCC1.Cl. The number of benzene rings is 1. The fraction of sp³-hybridized carbons (Fsp3) is 0.308. The summed E-state index contributed by atoms with van der Waals surface area (Å²) in [6.07, 6.45) is 3.31. The molecule has 0 saturated carbocycles. The first-order chi connectivity index (χ1) is 7.31. The highest BCUT2D eigenvalue weighted by Crippen LogP contribution is 2.23. The lowest BCUT2D eigenvalue weighted by molar-refractivity contribution is 0.738. The van der Waals surface area contributed by atoms with E-state index in [-0.39, 0.29) is 12.4 Å². The molecule has 0 fully saturated rings. The zero-order valence-electron chi connectivity index (χ0n) is 9.29. The van der Waals surface area contributed by atoms with Crippen molar-refractivity contribution in [3.8, 4) is 6.07 Å². The summed E-state index contributed by atoms with van der Waals surface area (Å²) in [4.78, 5) is 0. The average Bonchev–Trinajstić information content (AvgIpc) is 2.30. The minimum atomic E-state index is 0. The van der Waals surface area contributed by atoms with Gasteiger partial charge in [-0.1, -0.05) is 12.1 Å². The van der Waals surface area contributed by atoms with Crippen LogP contribution in [0.4, 0.5) is 0 Å². The summed E-state index contributed by atoms with van der Waals surface area (Å²) in [6.45, 7) is 4.07. The minimum Gasteiger partial charge on any atom is -0.313 e. The molecule has 2 nitrogen and oxygen atoms in total. The van der Waals surface area contributed by atoms with E-state index in [2.05, 4.69) is 30.5 Å². The van der Waals surface area contributed by atoms with Crippen molar-refractivity contribution in [3.05, 3.63) is 41.0 Å².